The van der Waals surface area contributed by atoms with E-state index in [-0.39, 0.29) is 29.8 Å². The van der Waals surface area contributed by atoms with Crippen LogP contribution < -0.4 is 5.56 Å². The zero-order valence-electron chi connectivity index (χ0n) is 16.9. The van der Waals surface area contributed by atoms with E-state index in [1.165, 1.54) is 4.31 Å². The quantitative estimate of drug-likeness (QED) is 0.779. The third-order valence-electron chi connectivity index (χ3n) is 5.80. The summed E-state index contributed by atoms with van der Waals surface area (Å²) >= 11 is 0. The van der Waals surface area contributed by atoms with Crippen LogP contribution in [0.3, 0.4) is 0 Å². The number of pyridine rings is 1. The minimum atomic E-state index is -3.37. The summed E-state index contributed by atoms with van der Waals surface area (Å²) < 4.78 is 25.7. The molecule has 1 amide bonds. The van der Waals surface area contributed by atoms with E-state index in [0.717, 1.165) is 12.8 Å². The number of fused-ring (bicyclic) bond motifs is 1. The van der Waals surface area contributed by atoms with Crippen molar-refractivity contribution in [2.45, 2.75) is 45.2 Å². The van der Waals surface area contributed by atoms with Crippen LogP contribution in [0.25, 0.3) is 0 Å². The van der Waals surface area contributed by atoms with Gasteiger partial charge in [0.25, 0.3) is 11.5 Å². The molecule has 2 aromatic heterocycles. The van der Waals surface area contributed by atoms with Crippen molar-refractivity contribution in [1.29, 1.82) is 0 Å². The summed E-state index contributed by atoms with van der Waals surface area (Å²) in [6.45, 7) is 2.52. The van der Waals surface area contributed by atoms with E-state index in [0.29, 0.717) is 48.6 Å². The first-order valence-electron chi connectivity index (χ1n) is 10.2. The Bertz CT molecular complexity index is 1100. The maximum atomic E-state index is 13.0. The van der Waals surface area contributed by atoms with Crippen molar-refractivity contribution in [3.05, 3.63) is 57.5 Å². The Labute approximate surface area is 175 Å². The van der Waals surface area contributed by atoms with Crippen molar-refractivity contribution in [2.75, 3.05) is 18.8 Å². The zero-order valence-corrected chi connectivity index (χ0v) is 17.7. The van der Waals surface area contributed by atoms with Crippen LogP contribution in [0.2, 0.25) is 0 Å². The van der Waals surface area contributed by atoms with Gasteiger partial charge >= 0.3 is 0 Å². The normalized spacial score (nSPS) is 20.0. The molecule has 0 aliphatic carbocycles. The number of rotatable bonds is 4. The molecule has 2 aromatic rings. The molecular weight excluding hydrogens is 406 g/mol. The average molecular weight is 432 g/mol. The highest BCUT2D eigenvalue weighted by atomic mass is 32.2. The monoisotopic (exact) mass is 431 g/mol. The van der Waals surface area contributed by atoms with Gasteiger partial charge in [-0.1, -0.05) is 0 Å². The topological polar surface area (TPSA) is 116 Å². The van der Waals surface area contributed by atoms with Gasteiger partial charge < -0.3 is 9.88 Å². The van der Waals surface area contributed by atoms with E-state index in [1.54, 1.807) is 36.4 Å². The molecule has 0 bridgehead atoms. The number of aromatic nitrogens is 3. The molecule has 30 heavy (non-hydrogen) atoms. The van der Waals surface area contributed by atoms with Gasteiger partial charge in [0.1, 0.15) is 5.82 Å². The molecule has 0 spiro atoms. The molecule has 1 fully saturated rings. The van der Waals surface area contributed by atoms with E-state index in [2.05, 4.69) is 15.0 Å². The highest BCUT2D eigenvalue weighted by molar-refractivity contribution is 7.89. The molecule has 2 aliphatic rings. The highest BCUT2D eigenvalue weighted by Crippen LogP contribution is 2.30. The Balaban J connectivity index is 1.65. The number of sulfonamides is 1. The molecule has 0 radical (unpaired) electrons. The van der Waals surface area contributed by atoms with E-state index in [4.69, 9.17) is 0 Å². The smallest absolute Gasteiger partial charge is 0.256 e. The number of hydrogen-bond acceptors (Lipinski definition) is 6. The van der Waals surface area contributed by atoms with Crippen LogP contribution in [-0.2, 0) is 23.0 Å². The number of nitrogens with zero attached hydrogens (tertiary/aromatic N) is 4. The Morgan fingerprint density at radius 3 is 2.87 bits per heavy atom. The van der Waals surface area contributed by atoms with Crippen molar-refractivity contribution in [2.24, 2.45) is 0 Å². The molecule has 9 nitrogen and oxygen atoms in total. The van der Waals surface area contributed by atoms with Crippen molar-refractivity contribution in [3.8, 4) is 0 Å². The number of carbonyl (C=O) groups excluding carboxylic acids is 1. The summed E-state index contributed by atoms with van der Waals surface area (Å²) in [5.74, 6) is 0.343. The number of carbonyl (C=O) groups is 1. The summed E-state index contributed by atoms with van der Waals surface area (Å²) in [7, 11) is -3.37. The van der Waals surface area contributed by atoms with Gasteiger partial charge in [-0.15, -0.1) is 0 Å². The second-order valence-electron chi connectivity index (χ2n) is 7.61. The molecule has 4 rings (SSSR count). The fourth-order valence-electron chi connectivity index (χ4n) is 4.11. The first kappa shape index (κ1) is 20.7. The van der Waals surface area contributed by atoms with Gasteiger partial charge in [0.15, 0.2) is 0 Å². The lowest BCUT2D eigenvalue weighted by Gasteiger charge is -2.35. The summed E-state index contributed by atoms with van der Waals surface area (Å²) in [4.78, 5) is 39.1. The van der Waals surface area contributed by atoms with Gasteiger partial charge in [-0.2, -0.15) is 4.31 Å². The van der Waals surface area contributed by atoms with E-state index >= 15 is 0 Å². The van der Waals surface area contributed by atoms with Crippen LogP contribution in [0, 0.1) is 0 Å². The van der Waals surface area contributed by atoms with Crippen molar-refractivity contribution in [1.82, 2.24) is 24.2 Å². The Morgan fingerprint density at radius 2 is 2.13 bits per heavy atom. The van der Waals surface area contributed by atoms with Gasteiger partial charge in [0.05, 0.1) is 28.6 Å². The van der Waals surface area contributed by atoms with Crippen LogP contribution in [-0.4, -0.2) is 57.3 Å². The molecule has 160 valence electrons. The van der Waals surface area contributed by atoms with Crippen LogP contribution in [0.4, 0.5) is 0 Å². The molecular formula is C20H25N5O4S. The van der Waals surface area contributed by atoms with Crippen LogP contribution in [0.5, 0.6) is 0 Å². The van der Waals surface area contributed by atoms with Gasteiger partial charge in [0, 0.05) is 38.4 Å². The van der Waals surface area contributed by atoms with Crippen LogP contribution in [0.1, 0.15) is 59.7 Å². The molecule has 1 saturated heterocycles. The minimum Gasteiger partial charge on any atom is -0.328 e. The third kappa shape index (κ3) is 3.89. The molecule has 4 heterocycles. The lowest BCUT2D eigenvalue weighted by molar-refractivity contribution is 0.0598. The maximum absolute atomic E-state index is 13.0. The first-order chi connectivity index (χ1) is 14.4. The number of H-pyrrole nitrogens is 1. The predicted octanol–water partition coefficient (Wildman–Crippen LogP) is 1.24. The number of nitrogens with one attached hydrogen (secondary N) is 1. The predicted molar refractivity (Wildman–Crippen MR) is 110 cm³/mol. The lowest BCUT2D eigenvalue weighted by atomic mass is 9.99. The molecule has 1 atom stereocenters. The van der Waals surface area contributed by atoms with Gasteiger partial charge in [-0.05, 0) is 38.3 Å². The summed E-state index contributed by atoms with van der Waals surface area (Å²) in [6, 6.07) is 3.13. The Kier molecular flexibility index (Phi) is 5.70. The summed E-state index contributed by atoms with van der Waals surface area (Å²) in [6.07, 6.45) is 6.08. The van der Waals surface area contributed by atoms with Crippen LogP contribution in [0.15, 0.2) is 29.3 Å². The maximum Gasteiger partial charge on any atom is 0.256 e. The second-order valence-corrected chi connectivity index (χ2v) is 9.87. The average Bonchev–Trinajstić information content (AvgIpc) is 2.79. The third-order valence-corrected chi connectivity index (χ3v) is 7.63. The summed E-state index contributed by atoms with van der Waals surface area (Å²) in [5.41, 5.74) is 1.19. The van der Waals surface area contributed by atoms with Crippen molar-refractivity contribution < 1.29 is 13.2 Å². The number of likely N-dealkylation sites (tertiary alicyclic amines) is 1. The molecule has 0 saturated carbocycles. The fourth-order valence-corrected chi connectivity index (χ4v) is 5.17. The standard InChI is InChI=1S/C20H25N5O4S/c1-2-30(28,29)24-11-8-16-15(13-24)19(26)23-18(22-16)17-7-3-4-10-25(17)20(27)14-6-5-9-21-12-14/h5-6,9,12,17H,2-4,7-8,10-11,13H2,1H3,(H,22,23,26). The number of hydrogen-bond donors (Lipinski definition) is 1. The molecule has 1 unspecified atom stereocenters. The molecule has 0 aromatic carbocycles. The Morgan fingerprint density at radius 1 is 1.30 bits per heavy atom. The van der Waals surface area contributed by atoms with Crippen molar-refractivity contribution in [3.63, 3.8) is 0 Å². The van der Waals surface area contributed by atoms with Crippen LogP contribution >= 0.6 is 0 Å². The number of amides is 1. The van der Waals surface area contributed by atoms with Gasteiger partial charge in [-0.25, -0.2) is 13.4 Å². The molecule has 1 N–H and O–H groups in total. The fraction of sp³-hybridized carbons (Fsp3) is 0.500. The highest BCUT2D eigenvalue weighted by Gasteiger charge is 2.33. The lowest BCUT2D eigenvalue weighted by Crippen LogP contribution is -2.43. The van der Waals surface area contributed by atoms with E-state index in [1.807, 2.05) is 0 Å². The van der Waals surface area contributed by atoms with E-state index < -0.39 is 10.0 Å². The van der Waals surface area contributed by atoms with Crippen molar-refractivity contribution >= 4 is 15.9 Å². The molecule has 10 heteroatoms. The Hall–Kier alpha value is -2.59. The summed E-state index contributed by atoms with van der Waals surface area (Å²) in [5, 5.41) is 0. The number of piperidine rings is 1. The second kappa shape index (κ2) is 8.27. The number of aromatic amines is 1. The first-order valence-corrected chi connectivity index (χ1v) is 11.8. The van der Waals surface area contributed by atoms with Gasteiger partial charge in [0.2, 0.25) is 10.0 Å². The minimum absolute atomic E-state index is 0.000755. The van der Waals surface area contributed by atoms with Gasteiger partial charge in [-0.3, -0.25) is 14.6 Å². The van der Waals surface area contributed by atoms with E-state index in [9.17, 15) is 18.0 Å². The largest absolute Gasteiger partial charge is 0.328 e. The SMILES string of the molecule is CCS(=O)(=O)N1CCc2nc(C3CCCCN3C(=O)c3cccnc3)[nH]c(=O)c2C1. The molecule has 2 aliphatic heterocycles. The zero-order chi connectivity index (χ0) is 21.3.